The van der Waals surface area contributed by atoms with Gasteiger partial charge in [-0.3, -0.25) is 0 Å². The summed E-state index contributed by atoms with van der Waals surface area (Å²) in [7, 11) is 0. The lowest BCUT2D eigenvalue weighted by atomic mass is 9.33. The number of aromatic nitrogens is 2. The zero-order chi connectivity index (χ0) is 14.1. The van der Waals surface area contributed by atoms with Gasteiger partial charge < -0.3 is 10.8 Å². The standard InChI is InChI=1S/C11H11ClF3N3O/c12-8-17-6(5(1-19)7(16)18-8)9-2-10(3-9,4-9)11(13,14)15/h19H,1-4H2,(H2,16,17,18). The number of aliphatic hydroxyl groups is 1. The lowest BCUT2D eigenvalue weighted by Gasteiger charge is -2.70. The molecule has 3 saturated carbocycles. The number of halogens is 4. The lowest BCUT2D eigenvalue weighted by molar-refractivity contribution is -0.337. The Kier molecular flexibility index (Phi) is 2.39. The first kappa shape index (κ1) is 12.9. The Morgan fingerprint density at radius 2 is 1.84 bits per heavy atom. The van der Waals surface area contributed by atoms with Gasteiger partial charge in [0.05, 0.1) is 17.7 Å². The summed E-state index contributed by atoms with van der Waals surface area (Å²) in [6, 6.07) is 0. The smallest absolute Gasteiger partial charge is 0.391 e. The molecule has 0 atom stereocenters. The molecule has 1 heterocycles. The van der Waals surface area contributed by atoms with Crippen LogP contribution in [0.15, 0.2) is 0 Å². The van der Waals surface area contributed by atoms with Crippen LogP contribution in [0.1, 0.15) is 30.5 Å². The maximum Gasteiger partial charge on any atom is 0.394 e. The largest absolute Gasteiger partial charge is 0.394 e. The van der Waals surface area contributed by atoms with Gasteiger partial charge >= 0.3 is 6.18 Å². The highest BCUT2D eigenvalue weighted by atomic mass is 35.5. The minimum atomic E-state index is -4.18. The van der Waals surface area contributed by atoms with Crippen molar-refractivity contribution in [1.82, 2.24) is 9.97 Å². The average Bonchev–Trinajstić information content (AvgIpc) is 2.09. The van der Waals surface area contributed by atoms with Gasteiger partial charge in [-0.05, 0) is 30.9 Å². The van der Waals surface area contributed by atoms with Crippen LogP contribution < -0.4 is 5.73 Å². The van der Waals surface area contributed by atoms with Crippen LogP contribution in [0.4, 0.5) is 19.0 Å². The third-order valence-corrected chi connectivity index (χ3v) is 4.47. The monoisotopic (exact) mass is 293 g/mol. The molecule has 0 unspecified atom stereocenters. The Morgan fingerprint density at radius 1 is 1.26 bits per heavy atom. The van der Waals surface area contributed by atoms with Crippen LogP contribution in [0.3, 0.4) is 0 Å². The first-order chi connectivity index (χ1) is 8.73. The zero-order valence-corrected chi connectivity index (χ0v) is 10.5. The molecule has 0 radical (unpaired) electrons. The maximum absolute atomic E-state index is 12.8. The Hall–Kier alpha value is -1.08. The second kappa shape index (κ2) is 3.52. The number of hydrogen-bond acceptors (Lipinski definition) is 4. The van der Waals surface area contributed by atoms with Gasteiger partial charge in [-0.2, -0.15) is 13.2 Å². The van der Waals surface area contributed by atoms with Crippen molar-refractivity contribution in [3.8, 4) is 0 Å². The third-order valence-electron chi connectivity index (χ3n) is 4.30. The summed E-state index contributed by atoms with van der Waals surface area (Å²) in [4.78, 5) is 7.71. The Morgan fingerprint density at radius 3 is 2.32 bits per heavy atom. The molecule has 3 fully saturated rings. The van der Waals surface area contributed by atoms with Gasteiger partial charge in [0.1, 0.15) is 5.82 Å². The van der Waals surface area contributed by atoms with Gasteiger partial charge in [0.2, 0.25) is 5.28 Å². The molecule has 8 heteroatoms. The van der Waals surface area contributed by atoms with Gasteiger partial charge in [0.25, 0.3) is 0 Å². The first-order valence-corrected chi connectivity index (χ1v) is 6.11. The molecule has 3 N–H and O–H groups in total. The lowest BCUT2D eigenvalue weighted by Crippen LogP contribution is -2.70. The highest BCUT2D eigenvalue weighted by molar-refractivity contribution is 6.28. The van der Waals surface area contributed by atoms with Crippen LogP contribution in [0.25, 0.3) is 0 Å². The van der Waals surface area contributed by atoms with Crippen molar-refractivity contribution in [3.63, 3.8) is 0 Å². The number of anilines is 1. The second-order valence-corrected chi connectivity index (χ2v) is 5.79. The Bertz CT molecular complexity index is 541. The Balaban J connectivity index is 1.96. The van der Waals surface area contributed by atoms with E-state index < -0.39 is 23.6 Å². The highest BCUT2D eigenvalue weighted by Gasteiger charge is 2.79. The molecule has 0 spiro atoms. The number of nitrogens with two attached hydrogens (primary N) is 1. The fraction of sp³-hybridized carbons (Fsp3) is 0.636. The molecule has 2 bridgehead atoms. The first-order valence-electron chi connectivity index (χ1n) is 5.73. The van der Waals surface area contributed by atoms with E-state index in [1.807, 2.05) is 0 Å². The summed E-state index contributed by atoms with van der Waals surface area (Å²) >= 11 is 5.70. The molecule has 4 nitrogen and oxygen atoms in total. The van der Waals surface area contributed by atoms with Crippen LogP contribution >= 0.6 is 11.6 Å². The minimum Gasteiger partial charge on any atom is -0.391 e. The van der Waals surface area contributed by atoms with E-state index in [-0.39, 0.29) is 30.4 Å². The molecule has 3 aliphatic carbocycles. The van der Waals surface area contributed by atoms with Crippen LogP contribution in [0.2, 0.25) is 5.28 Å². The van der Waals surface area contributed by atoms with Gasteiger partial charge in [0, 0.05) is 11.0 Å². The summed E-state index contributed by atoms with van der Waals surface area (Å²) < 4.78 is 38.5. The molecule has 19 heavy (non-hydrogen) atoms. The maximum atomic E-state index is 12.8. The van der Waals surface area contributed by atoms with Crippen LogP contribution in [0.5, 0.6) is 0 Å². The SMILES string of the molecule is Nc1nc(Cl)nc(C23CC(C(F)(F)F)(C2)C3)c1CO. The molecular weight excluding hydrogens is 283 g/mol. The summed E-state index contributed by atoms with van der Waals surface area (Å²) in [5.74, 6) is 0.0308. The molecule has 104 valence electrons. The summed E-state index contributed by atoms with van der Waals surface area (Å²) in [5, 5.41) is 9.19. The van der Waals surface area contributed by atoms with Crippen molar-refractivity contribution in [2.75, 3.05) is 5.73 Å². The third kappa shape index (κ3) is 1.51. The van der Waals surface area contributed by atoms with Gasteiger partial charge in [-0.1, -0.05) is 0 Å². The van der Waals surface area contributed by atoms with Crippen molar-refractivity contribution in [3.05, 3.63) is 16.5 Å². The molecule has 1 aromatic heterocycles. The van der Waals surface area contributed by atoms with E-state index in [2.05, 4.69) is 9.97 Å². The summed E-state index contributed by atoms with van der Waals surface area (Å²) in [6.07, 6.45) is -4.22. The van der Waals surface area contributed by atoms with E-state index >= 15 is 0 Å². The molecule has 4 rings (SSSR count). The molecular formula is C11H11ClF3N3O. The molecule has 3 aliphatic rings. The number of rotatable bonds is 2. The highest BCUT2D eigenvalue weighted by Crippen LogP contribution is 2.78. The van der Waals surface area contributed by atoms with E-state index in [9.17, 15) is 18.3 Å². The van der Waals surface area contributed by atoms with E-state index in [1.54, 1.807) is 0 Å². The van der Waals surface area contributed by atoms with Crippen molar-refractivity contribution in [1.29, 1.82) is 0 Å². The second-order valence-electron chi connectivity index (χ2n) is 5.45. The van der Waals surface area contributed by atoms with Crippen LogP contribution in [-0.2, 0) is 12.0 Å². The van der Waals surface area contributed by atoms with Crippen LogP contribution in [0, 0.1) is 5.41 Å². The van der Waals surface area contributed by atoms with Crippen molar-refractivity contribution < 1.29 is 18.3 Å². The fourth-order valence-corrected chi connectivity index (χ4v) is 3.58. The Labute approximate surface area is 111 Å². The molecule has 0 aliphatic heterocycles. The zero-order valence-electron chi connectivity index (χ0n) is 9.76. The predicted molar refractivity (Wildman–Crippen MR) is 61.4 cm³/mol. The summed E-state index contributed by atoms with van der Waals surface area (Å²) in [6.45, 7) is -0.404. The minimum absolute atomic E-state index is 0.0106. The number of hydrogen-bond donors (Lipinski definition) is 2. The van der Waals surface area contributed by atoms with E-state index in [1.165, 1.54) is 0 Å². The van der Waals surface area contributed by atoms with Gasteiger partial charge in [-0.15, -0.1) is 0 Å². The van der Waals surface area contributed by atoms with E-state index in [0.717, 1.165) is 0 Å². The van der Waals surface area contributed by atoms with Gasteiger partial charge in [0.15, 0.2) is 0 Å². The van der Waals surface area contributed by atoms with Crippen LogP contribution in [-0.4, -0.2) is 21.3 Å². The van der Waals surface area contributed by atoms with Gasteiger partial charge in [-0.25, -0.2) is 9.97 Å². The molecule has 0 amide bonds. The number of nitrogen functional groups attached to an aromatic ring is 1. The van der Waals surface area contributed by atoms with E-state index in [0.29, 0.717) is 11.3 Å². The number of aliphatic hydroxyl groups excluding tert-OH is 1. The number of nitrogens with zero attached hydrogens (tertiary/aromatic N) is 2. The molecule has 0 saturated heterocycles. The number of alkyl halides is 3. The molecule has 1 aromatic rings. The molecule has 0 aromatic carbocycles. The quantitative estimate of drug-likeness (QED) is 0.820. The summed E-state index contributed by atoms with van der Waals surface area (Å²) in [5.41, 5.74) is 4.07. The van der Waals surface area contributed by atoms with Crippen molar-refractivity contribution >= 4 is 17.4 Å². The average molecular weight is 294 g/mol. The predicted octanol–water partition coefficient (Wildman–Crippen LogP) is 2.19. The topological polar surface area (TPSA) is 72.0 Å². The fourth-order valence-electron chi connectivity index (χ4n) is 3.41. The normalized spacial score (nSPS) is 32.7. The van der Waals surface area contributed by atoms with Crippen molar-refractivity contribution in [2.24, 2.45) is 5.41 Å². The van der Waals surface area contributed by atoms with E-state index in [4.69, 9.17) is 17.3 Å². The van der Waals surface area contributed by atoms with Crippen molar-refractivity contribution in [2.45, 2.75) is 37.5 Å².